The van der Waals surface area contributed by atoms with E-state index in [0.29, 0.717) is 89.4 Å². The van der Waals surface area contributed by atoms with Gasteiger partial charge in [0.25, 0.3) is 0 Å². The van der Waals surface area contributed by atoms with Gasteiger partial charge in [0.2, 0.25) is 17.7 Å². The molecule has 34 heteroatoms. The van der Waals surface area contributed by atoms with Crippen LogP contribution >= 0.6 is 0 Å². The van der Waals surface area contributed by atoms with Crippen LogP contribution in [0, 0.1) is 87.3 Å². The van der Waals surface area contributed by atoms with Crippen LogP contribution in [0.2, 0.25) is 0 Å². The van der Waals surface area contributed by atoms with E-state index in [1.165, 1.54) is 7.11 Å². The Hall–Kier alpha value is -12.0. The fraction of sp³-hybridized carbons (Fsp3) is 0.560. The number of amides is 6. The highest BCUT2D eigenvalue weighted by atomic mass is 16.5. The van der Waals surface area contributed by atoms with Crippen molar-refractivity contribution in [1.29, 1.82) is 10.5 Å². The van der Waals surface area contributed by atoms with Gasteiger partial charge in [0, 0.05) is 176 Å². The third-order valence-corrected chi connectivity index (χ3v) is 28.3. The molecule has 5 aliphatic heterocycles. The van der Waals surface area contributed by atoms with Gasteiger partial charge in [0.15, 0.2) is 0 Å². The van der Waals surface area contributed by atoms with Crippen LogP contribution in [0.25, 0.3) is 55.2 Å². The maximum absolute atomic E-state index is 12.6. The number of ether oxygens (including phenoxy) is 1. The van der Waals surface area contributed by atoms with Gasteiger partial charge in [-0.15, -0.1) is 0 Å². The van der Waals surface area contributed by atoms with E-state index in [1.807, 2.05) is 91.9 Å². The molecule has 0 radical (unpaired) electrons. The lowest BCUT2D eigenvalue weighted by Gasteiger charge is -2.28. The number of fused-ring (bicyclic) bond motifs is 10. The fourth-order valence-electron chi connectivity index (χ4n) is 21.7. The summed E-state index contributed by atoms with van der Waals surface area (Å²) < 4.78 is 4.84. The molecular formula is C84H106N28O6. The number of hydrogen-bond acceptors (Lipinski definition) is 23. The summed E-state index contributed by atoms with van der Waals surface area (Å²) in [5, 5.41) is 26.0. The number of hydrogen-bond donors (Lipinski definition) is 6. The van der Waals surface area contributed by atoms with Gasteiger partial charge in [-0.2, -0.15) is 10.5 Å². The lowest BCUT2D eigenvalue weighted by atomic mass is 10.0. The Bertz CT molecular complexity index is 5220. The summed E-state index contributed by atoms with van der Waals surface area (Å²) in [6, 6.07) is 16.7. The van der Waals surface area contributed by atoms with Gasteiger partial charge in [0.05, 0.1) is 46.2 Å². The summed E-state index contributed by atoms with van der Waals surface area (Å²) in [5.74, 6) is 10.9. The van der Waals surface area contributed by atoms with Crippen molar-refractivity contribution in [3.8, 4) is 12.1 Å². The Kier molecular flexibility index (Phi) is 21.9. The van der Waals surface area contributed by atoms with Crippen LogP contribution in [-0.4, -0.2) is 274 Å². The van der Waals surface area contributed by atoms with Crippen LogP contribution in [-0.2, 0) is 19.1 Å². The Balaban J connectivity index is 0.000000106. The number of carbonyl (C=O) groups is 5. The molecule has 5 saturated heterocycles. The molecule has 21 rings (SSSR count). The fourth-order valence-corrected chi connectivity index (χ4v) is 21.7. The summed E-state index contributed by atoms with van der Waals surface area (Å²) in [7, 11) is 13.7. The minimum absolute atomic E-state index is 0.00478. The average Bonchev–Trinajstić information content (AvgIpc) is 1.60. The molecule has 15 atom stereocenters. The van der Waals surface area contributed by atoms with E-state index in [4.69, 9.17) is 10.00 Å². The molecule has 6 saturated carbocycles. The predicted molar refractivity (Wildman–Crippen MR) is 444 cm³/mol. The van der Waals surface area contributed by atoms with Crippen LogP contribution in [0.1, 0.15) is 90.4 Å². The SMILES string of the molecule is CC(=O)N1C[C@H]2CC(N(C)c3ncnc4[nH]ccc34)C[C@H]2C1.CN(c1ncnc2[nH]ccc12)C1C[C@@H]2CN(C(=O)C3(C#N)CC3)C[C@@H]2C1.CN(c1ncnc2[nH]ccc12)C1C[C@@H]2CN(C(=O)CC#N)C[C@@H]2C1.CNC(=O)N1C[C@H]2CC(N(C)c3ncnc4[nH]ccc34)C[C@H]2C1.COC(=O)N1C[C@H]2CC(N(C)c3ncnc4[nH]ccc34)C[C@H]2C1. The molecule has 10 aromatic heterocycles. The van der Waals surface area contributed by atoms with E-state index in [1.54, 1.807) is 45.6 Å². The minimum atomic E-state index is -0.685. The predicted octanol–water partition coefficient (Wildman–Crippen LogP) is 8.45. The molecule has 11 fully saturated rings. The van der Waals surface area contributed by atoms with E-state index in [-0.39, 0.29) is 36.3 Å². The van der Waals surface area contributed by atoms with Crippen molar-refractivity contribution in [3.63, 3.8) is 0 Å². The first-order chi connectivity index (χ1) is 57.2. The number of aromatic nitrogens is 15. The molecule has 34 nitrogen and oxygen atoms in total. The average molecular weight is 1600 g/mol. The molecule has 6 aliphatic carbocycles. The smallest absolute Gasteiger partial charge is 0.409 e. The molecule has 0 spiro atoms. The van der Waals surface area contributed by atoms with Crippen LogP contribution in [0.3, 0.4) is 0 Å². The number of nitrogens with one attached hydrogen (secondary N) is 6. The molecule has 5 unspecified atom stereocenters. The second kappa shape index (κ2) is 32.8. The van der Waals surface area contributed by atoms with E-state index in [2.05, 4.69) is 146 Å². The molecule has 618 valence electrons. The molecule has 0 bridgehead atoms. The Morgan fingerprint density at radius 1 is 0.415 bits per heavy atom. The highest BCUT2D eigenvalue weighted by Crippen LogP contribution is 2.51. The van der Waals surface area contributed by atoms with E-state index < -0.39 is 5.41 Å². The van der Waals surface area contributed by atoms with Gasteiger partial charge in [-0.1, -0.05) is 0 Å². The molecule has 10 aromatic rings. The standard InChI is InChI=1S/C19H22N6O.C17H20N6O.C16H22N6O.C16H21N5O2.C16H21N5O/c1-24(17-15-2-5-21-16(15)22-11-23-17)14-6-12-8-25(9-13(12)7-14)18(26)19(10-20)3-4-19;1-22(17-14-3-5-19-16(14)20-10-21-17)13-6-11-8-23(9-12(11)7-13)15(24)2-4-18;1-17-16(23)22-7-10-5-12(6-11(10)8-22)21(2)15-13-3-4-18-14(13)19-9-20-15;1-20(15-13-3-4-17-14(13)18-9-19-15)12-5-10-7-21(16(22)23-2)8-11(10)6-12;1-10(22)21-7-11-5-13(6-12(11)8-21)20(2)16-14-3-4-17-15(14)18-9-19-16/h2,5,11-14H,3-4,6-9H2,1H3,(H,21,22,23);3,5,10-13H,2,6-9H2,1H3,(H,19,20,21);3-4,9-12H,5-8H2,1-2H3,(H,17,23)(H,18,19,20);3-4,9-12H,5-8H2,1-2H3,(H,17,18,19);3-4,9,11-13H,5-8H2,1-2H3,(H,17,18,19)/t12-,13+,14?;11-,12+,13?;2*10-,11+,12?;11-,12+,13?. The van der Waals surface area contributed by atoms with Crippen molar-refractivity contribution < 1.29 is 28.7 Å². The number of nitrogens with zero attached hydrogens (tertiary/aromatic N) is 22. The third kappa shape index (κ3) is 15.3. The molecular weight excluding hydrogens is 1500 g/mol. The number of H-pyrrole nitrogens is 5. The number of carbonyl (C=O) groups excluding carboxylic acids is 5. The number of urea groups is 1. The van der Waals surface area contributed by atoms with Crippen molar-refractivity contribution in [2.24, 2.45) is 64.6 Å². The second-order valence-electron chi connectivity index (χ2n) is 34.8. The number of methoxy groups -OCH3 is 1. The number of nitriles is 2. The summed E-state index contributed by atoms with van der Waals surface area (Å²) in [6.45, 7) is 10.1. The zero-order valence-electron chi connectivity index (χ0n) is 68.4. The Morgan fingerprint density at radius 2 is 0.678 bits per heavy atom. The topological polar surface area (TPSA) is 394 Å². The monoisotopic (exact) mass is 1600 g/mol. The number of rotatable bonds is 12. The first-order valence-corrected chi connectivity index (χ1v) is 41.7. The number of aromatic amines is 5. The molecule has 6 amide bonds. The zero-order chi connectivity index (χ0) is 81.8. The molecule has 118 heavy (non-hydrogen) atoms. The summed E-state index contributed by atoms with van der Waals surface area (Å²) in [4.78, 5) is 140. The van der Waals surface area contributed by atoms with Gasteiger partial charge < -0.3 is 84.0 Å². The first-order valence-electron chi connectivity index (χ1n) is 41.7. The quantitative estimate of drug-likeness (QED) is 0.0667. The summed E-state index contributed by atoms with van der Waals surface area (Å²) in [5.41, 5.74) is 3.68. The largest absolute Gasteiger partial charge is 0.453 e. The van der Waals surface area contributed by atoms with Crippen LogP contribution in [0.4, 0.5) is 38.7 Å². The van der Waals surface area contributed by atoms with E-state index in [9.17, 15) is 29.2 Å². The van der Waals surface area contributed by atoms with Gasteiger partial charge >= 0.3 is 12.1 Å². The maximum atomic E-state index is 12.6. The van der Waals surface area contributed by atoms with E-state index >= 15 is 0 Å². The summed E-state index contributed by atoms with van der Waals surface area (Å²) >= 11 is 0. The lowest BCUT2D eigenvalue weighted by molar-refractivity contribution is -0.134. The normalized spacial score (nSPS) is 27.0. The van der Waals surface area contributed by atoms with Gasteiger partial charge in [-0.25, -0.2) is 59.4 Å². The Labute approximate surface area is 684 Å². The molecule has 6 N–H and O–H groups in total. The minimum Gasteiger partial charge on any atom is -0.453 e. The van der Waals surface area contributed by atoms with Crippen LogP contribution in [0.15, 0.2) is 93.0 Å². The van der Waals surface area contributed by atoms with E-state index in [0.717, 1.165) is 227 Å². The zero-order valence-corrected chi connectivity index (χ0v) is 68.4. The number of likely N-dealkylation sites (tertiary alicyclic amines) is 5. The Morgan fingerprint density at radius 3 is 0.924 bits per heavy atom. The van der Waals surface area contributed by atoms with Crippen LogP contribution in [0.5, 0.6) is 0 Å². The third-order valence-electron chi connectivity index (χ3n) is 28.3. The van der Waals surface area contributed by atoms with Crippen molar-refractivity contribution in [3.05, 3.63) is 93.0 Å². The highest BCUT2D eigenvalue weighted by molar-refractivity contribution is 5.92. The lowest BCUT2D eigenvalue weighted by Crippen LogP contribution is -2.38. The first kappa shape index (κ1) is 78.5. The second-order valence-corrected chi connectivity index (χ2v) is 34.8. The van der Waals surface area contributed by atoms with Crippen molar-refractivity contribution in [1.82, 2.24) is 105 Å². The van der Waals surface area contributed by atoms with Crippen molar-refractivity contribution in [2.45, 2.75) is 121 Å². The van der Waals surface area contributed by atoms with Gasteiger partial charge in [0.1, 0.15) is 101 Å². The summed E-state index contributed by atoms with van der Waals surface area (Å²) in [6.07, 6.45) is 29.8. The number of anilines is 5. The molecule has 15 heterocycles. The van der Waals surface area contributed by atoms with Crippen LogP contribution < -0.4 is 29.8 Å². The van der Waals surface area contributed by atoms with Crippen molar-refractivity contribution >= 4 is 114 Å². The van der Waals surface area contributed by atoms with Crippen molar-refractivity contribution in [2.75, 3.05) is 139 Å². The molecule has 11 aliphatic rings. The maximum Gasteiger partial charge on any atom is 0.409 e. The van der Waals surface area contributed by atoms with Gasteiger partial charge in [-0.05, 0) is 167 Å². The highest BCUT2D eigenvalue weighted by Gasteiger charge is 2.56. The van der Waals surface area contributed by atoms with Gasteiger partial charge in [-0.3, -0.25) is 14.4 Å². The molecule has 0 aromatic carbocycles.